The van der Waals surface area contributed by atoms with E-state index in [1.54, 1.807) is 0 Å². The molecule has 0 heterocycles. The normalized spacial score (nSPS) is 15.3. The third-order valence-electron chi connectivity index (χ3n) is 4.53. The van der Waals surface area contributed by atoms with Gasteiger partial charge in [0, 0.05) is 23.7 Å². The summed E-state index contributed by atoms with van der Waals surface area (Å²) in [6.07, 6.45) is 2.31. The summed E-state index contributed by atoms with van der Waals surface area (Å²) in [4.78, 5) is 14.7. The predicted molar refractivity (Wildman–Crippen MR) is 97.9 cm³/mol. The molecule has 0 saturated heterocycles. The zero-order chi connectivity index (χ0) is 16.9. The molecule has 1 N–H and O–H groups in total. The second-order valence-corrected chi connectivity index (χ2v) is 6.77. The topological polar surface area (TPSA) is 32.3 Å². The Morgan fingerprint density at radius 1 is 1.17 bits per heavy atom. The smallest absolute Gasteiger partial charge is 0.234 e. The van der Waals surface area contributed by atoms with Crippen LogP contribution in [0.15, 0.2) is 54.6 Å². The van der Waals surface area contributed by atoms with Crippen molar-refractivity contribution < 1.29 is 4.79 Å². The highest BCUT2D eigenvalue weighted by atomic mass is 35.5. The molecule has 1 amide bonds. The lowest BCUT2D eigenvalue weighted by Gasteiger charge is -2.29. The van der Waals surface area contributed by atoms with Gasteiger partial charge in [-0.25, -0.2) is 0 Å². The van der Waals surface area contributed by atoms with Crippen molar-refractivity contribution in [2.24, 2.45) is 0 Å². The van der Waals surface area contributed by atoms with E-state index < -0.39 is 0 Å². The SMILES string of the molecule is CC(c1ccccc1Cl)N(CC(=O)NCc1ccccc1)C1CC1. The van der Waals surface area contributed by atoms with E-state index in [1.807, 2.05) is 54.6 Å². The highest BCUT2D eigenvalue weighted by molar-refractivity contribution is 6.31. The number of carbonyl (C=O) groups is 1. The lowest BCUT2D eigenvalue weighted by atomic mass is 10.1. The van der Waals surface area contributed by atoms with Crippen molar-refractivity contribution in [3.05, 3.63) is 70.7 Å². The minimum atomic E-state index is 0.0599. The van der Waals surface area contributed by atoms with Gasteiger partial charge in [0.05, 0.1) is 6.54 Å². The molecule has 0 aromatic heterocycles. The zero-order valence-corrected chi connectivity index (χ0v) is 14.7. The molecule has 4 heteroatoms. The summed E-state index contributed by atoms with van der Waals surface area (Å²) in [5, 5.41) is 3.78. The number of hydrogen-bond donors (Lipinski definition) is 1. The summed E-state index contributed by atoms with van der Waals surface area (Å²) in [5.41, 5.74) is 2.20. The number of halogens is 1. The van der Waals surface area contributed by atoms with Gasteiger partial charge in [-0.2, -0.15) is 0 Å². The van der Waals surface area contributed by atoms with Gasteiger partial charge in [-0.05, 0) is 37.0 Å². The van der Waals surface area contributed by atoms with Crippen LogP contribution in [0.3, 0.4) is 0 Å². The third kappa shape index (κ3) is 4.37. The molecule has 1 saturated carbocycles. The quantitative estimate of drug-likeness (QED) is 0.818. The van der Waals surface area contributed by atoms with Crippen molar-refractivity contribution in [2.75, 3.05) is 6.54 Å². The Kier molecular flexibility index (Phi) is 5.54. The molecule has 24 heavy (non-hydrogen) atoms. The second kappa shape index (κ2) is 7.82. The van der Waals surface area contributed by atoms with Gasteiger partial charge >= 0.3 is 0 Å². The maximum atomic E-state index is 12.4. The van der Waals surface area contributed by atoms with Crippen molar-refractivity contribution in [1.82, 2.24) is 10.2 Å². The third-order valence-corrected chi connectivity index (χ3v) is 4.87. The standard InChI is InChI=1S/C20H23ClN2O/c1-15(18-9-5-6-10-19(18)21)23(17-11-12-17)14-20(24)22-13-16-7-3-2-4-8-16/h2-10,15,17H,11-14H2,1H3,(H,22,24). The van der Waals surface area contributed by atoms with Crippen LogP contribution in [0.1, 0.15) is 36.9 Å². The van der Waals surface area contributed by atoms with Gasteiger partial charge < -0.3 is 5.32 Å². The molecule has 0 spiro atoms. The summed E-state index contributed by atoms with van der Waals surface area (Å²) in [5.74, 6) is 0.0599. The largest absolute Gasteiger partial charge is 0.351 e. The summed E-state index contributed by atoms with van der Waals surface area (Å²) < 4.78 is 0. The molecule has 3 rings (SSSR count). The van der Waals surface area contributed by atoms with Crippen LogP contribution in [-0.2, 0) is 11.3 Å². The number of hydrogen-bond acceptors (Lipinski definition) is 2. The van der Waals surface area contributed by atoms with Gasteiger partial charge in [0.15, 0.2) is 0 Å². The molecule has 1 aliphatic carbocycles. The van der Waals surface area contributed by atoms with Crippen LogP contribution in [0.2, 0.25) is 5.02 Å². The van der Waals surface area contributed by atoms with Gasteiger partial charge in [0.25, 0.3) is 0 Å². The first kappa shape index (κ1) is 17.0. The monoisotopic (exact) mass is 342 g/mol. The molecule has 1 atom stereocenters. The van der Waals surface area contributed by atoms with E-state index in [0.717, 1.165) is 29.0 Å². The van der Waals surface area contributed by atoms with Crippen molar-refractivity contribution in [2.45, 2.75) is 38.4 Å². The molecule has 0 aliphatic heterocycles. The van der Waals surface area contributed by atoms with Crippen molar-refractivity contribution in [1.29, 1.82) is 0 Å². The molecule has 1 aliphatic rings. The van der Waals surface area contributed by atoms with Crippen molar-refractivity contribution in [3.63, 3.8) is 0 Å². The Morgan fingerprint density at radius 3 is 2.50 bits per heavy atom. The van der Waals surface area contributed by atoms with Gasteiger partial charge in [-0.3, -0.25) is 9.69 Å². The Balaban J connectivity index is 1.62. The van der Waals surface area contributed by atoms with E-state index in [4.69, 9.17) is 11.6 Å². The molecule has 3 nitrogen and oxygen atoms in total. The Labute approximate surface area is 148 Å². The van der Waals surface area contributed by atoms with Crippen LogP contribution in [0.5, 0.6) is 0 Å². The lowest BCUT2D eigenvalue weighted by Crippen LogP contribution is -2.39. The van der Waals surface area contributed by atoms with Crippen LogP contribution in [0.25, 0.3) is 0 Å². The average molecular weight is 343 g/mol. The number of nitrogens with one attached hydrogen (secondary N) is 1. The summed E-state index contributed by atoms with van der Waals surface area (Å²) >= 11 is 6.34. The van der Waals surface area contributed by atoms with Gasteiger partial charge in [0.1, 0.15) is 0 Å². The minimum absolute atomic E-state index is 0.0599. The minimum Gasteiger partial charge on any atom is -0.351 e. The van der Waals surface area contributed by atoms with Crippen LogP contribution in [-0.4, -0.2) is 23.4 Å². The lowest BCUT2D eigenvalue weighted by molar-refractivity contribution is -0.123. The van der Waals surface area contributed by atoms with E-state index in [2.05, 4.69) is 17.1 Å². The van der Waals surface area contributed by atoms with Crippen LogP contribution < -0.4 is 5.32 Å². The van der Waals surface area contributed by atoms with Gasteiger partial charge in [-0.15, -0.1) is 0 Å². The highest BCUT2D eigenvalue weighted by Gasteiger charge is 2.34. The summed E-state index contributed by atoms with van der Waals surface area (Å²) in [6.45, 7) is 3.10. The first-order chi connectivity index (χ1) is 11.6. The van der Waals surface area contributed by atoms with E-state index in [-0.39, 0.29) is 11.9 Å². The molecular formula is C20H23ClN2O. The number of rotatable bonds is 7. The van der Waals surface area contributed by atoms with E-state index in [9.17, 15) is 4.79 Å². The average Bonchev–Trinajstić information content (AvgIpc) is 3.43. The number of nitrogens with zero attached hydrogens (tertiary/aromatic N) is 1. The van der Waals surface area contributed by atoms with Crippen LogP contribution in [0.4, 0.5) is 0 Å². The Morgan fingerprint density at radius 2 is 1.83 bits per heavy atom. The maximum absolute atomic E-state index is 12.4. The zero-order valence-electron chi connectivity index (χ0n) is 13.9. The summed E-state index contributed by atoms with van der Waals surface area (Å²) in [7, 11) is 0. The molecule has 1 unspecified atom stereocenters. The maximum Gasteiger partial charge on any atom is 0.234 e. The van der Waals surface area contributed by atoms with Gasteiger partial charge in [0.2, 0.25) is 5.91 Å². The fourth-order valence-corrected chi connectivity index (χ4v) is 3.29. The fourth-order valence-electron chi connectivity index (χ4n) is 3.00. The number of amides is 1. The van der Waals surface area contributed by atoms with Gasteiger partial charge in [-0.1, -0.05) is 60.1 Å². The molecule has 2 aromatic carbocycles. The second-order valence-electron chi connectivity index (χ2n) is 6.36. The highest BCUT2D eigenvalue weighted by Crippen LogP contribution is 2.36. The van der Waals surface area contributed by atoms with E-state index in [1.165, 1.54) is 0 Å². The first-order valence-electron chi connectivity index (χ1n) is 8.46. The van der Waals surface area contributed by atoms with Crippen LogP contribution in [0, 0.1) is 0 Å². The Bertz CT molecular complexity index is 685. The predicted octanol–water partition coefficient (Wildman–Crippen LogP) is 4.18. The van der Waals surface area contributed by atoms with Crippen LogP contribution >= 0.6 is 11.6 Å². The molecule has 1 fully saturated rings. The fraction of sp³-hybridized carbons (Fsp3) is 0.350. The molecule has 0 bridgehead atoms. The molecule has 126 valence electrons. The molecular weight excluding hydrogens is 320 g/mol. The Hall–Kier alpha value is -1.84. The van der Waals surface area contributed by atoms with Crippen molar-refractivity contribution >= 4 is 17.5 Å². The number of benzene rings is 2. The first-order valence-corrected chi connectivity index (χ1v) is 8.83. The molecule has 2 aromatic rings. The summed E-state index contributed by atoms with van der Waals surface area (Å²) in [6, 6.07) is 18.5. The van der Waals surface area contributed by atoms with Crippen molar-refractivity contribution in [3.8, 4) is 0 Å². The number of carbonyl (C=O) groups excluding carboxylic acids is 1. The van der Waals surface area contributed by atoms with E-state index >= 15 is 0 Å². The molecule has 0 radical (unpaired) electrons. The van der Waals surface area contributed by atoms with E-state index in [0.29, 0.717) is 19.1 Å².